The Hall–Kier alpha value is -1.33. The molecule has 5 nitrogen and oxygen atoms in total. The summed E-state index contributed by atoms with van der Waals surface area (Å²) in [4.78, 5) is 8.64. The fraction of sp³-hybridized carbons (Fsp3) is 0.667. The molecule has 0 radical (unpaired) electrons. The molecule has 0 aromatic carbocycles. The molecule has 1 saturated carbocycles. The lowest BCUT2D eigenvalue weighted by Gasteiger charge is -2.16. The number of ether oxygens (including phenoxy) is 1. The Morgan fingerprint density at radius 1 is 1.25 bits per heavy atom. The highest BCUT2D eigenvalue weighted by atomic mass is 35.5. The van der Waals surface area contributed by atoms with Crippen molar-refractivity contribution in [2.75, 3.05) is 19.7 Å². The lowest BCUT2D eigenvalue weighted by atomic mass is 10.1. The van der Waals surface area contributed by atoms with E-state index in [2.05, 4.69) is 27.5 Å². The van der Waals surface area contributed by atoms with Crippen molar-refractivity contribution in [3.05, 3.63) is 29.0 Å². The molecule has 1 aliphatic rings. The molecule has 0 aliphatic heterocycles. The minimum Gasteiger partial charge on any atom is -0.376 e. The summed E-state index contributed by atoms with van der Waals surface area (Å²) in [6.45, 7) is 4.94. The number of hydrogen-bond donors (Lipinski definition) is 2. The molecule has 2 N–H and O–H groups in total. The minimum absolute atomic E-state index is 0.439. The Labute approximate surface area is 150 Å². The summed E-state index contributed by atoms with van der Waals surface area (Å²) in [5.41, 5.74) is 1.03. The second kappa shape index (κ2) is 11.3. The van der Waals surface area contributed by atoms with E-state index in [-0.39, 0.29) is 0 Å². The average molecular weight is 353 g/mol. The van der Waals surface area contributed by atoms with Crippen LogP contribution in [0.3, 0.4) is 0 Å². The first-order chi connectivity index (χ1) is 11.8. The molecule has 0 atom stereocenters. The molecule has 0 spiro atoms. The highest BCUT2D eigenvalue weighted by Crippen LogP contribution is 2.19. The molecule has 0 amide bonds. The molecule has 134 valence electrons. The predicted molar refractivity (Wildman–Crippen MR) is 99.5 cm³/mol. The van der Waals surface area contributed by atoms with Crippen molar-refractivity contribution in [2.24, 2.45) is 4.99 Å². The van der Waals surface area contributed by atoms with E-state index in [1.54, 1.807) is 12.3 Å². The number of nitrogens with zero attached hydrogens (tertiary/aromatic N) is 2. The third-order valence-corrected chi connectivity index (χ3v) is 4.33. The van der Waals surface area contributed by atoms with E-state index in [1.165, 1.54) is 38.5 Å². The Morgan fingerprint density at radius 2 is 2.04 bits per heavy atom. The summed E-state index contributed by atoms with van der Waals surface area (Å²) in [5, 5.41) is 7.08. The number of rotatable bonds is 7. The predicted octanol–water partition coefficient (Wildman–Crippen LogP) is 3.53. The van der Waals surface area contributed by atoms with Crippen LogP contribution < -0.4 is 10.6 Å². The maximum absolute atomic E-state index is 6.00. The van der Waals surface area contributed by atoms with Crippen molar-refractivity contribution in [3.63, 3.8) is 0 Å². The van der Waals surface area contributed by atoms with Gasteiger partial charge in [-0.15, -0.1) is 0 Å². The Kier molecular flexibility index (Phi) is 8.92. The van der Waals surface area contributed by atoms with E-state index in [4.69, 9.17) is 16.3 Å². The van der Waals surface area contributed by atoms with Gasteiger partial charge in [0.15, 0.2) is 5.96 Å². The van der Waals surface area contributed by atoms with E-state index < -0.39 is 0 Å². The van der Waals surface area contributed by atoms with Crippen LogP contribution in [0.1, 0.15) is 51.0 Å². The van der Waals surface area contributed by atoms with Crippen molar-refractivity contribution in [1.29, 1.82) is 0 Å². The topological polar surface area (TPSA) is 58.5 Å². The van der Waals surface area contributed by atoms with Crippen molar-refractivity contribution >= 4 is 17.6 Å². The van der Waals surface area contributed by atoms with Gasteiger partial charge in [-0.2, -0.15) is 0 Å². The number of halogens is 1. The van der Waals surface area contributed by atoms with E-state index in [9.17, 15) is 0 Å². The third kappa shape index (κ3) is 7.49. The fourth-order valence-corrected chi connectivity index (χ4v) is 2.93. The van der Waals surface area contributed by atoms with Gasteiger partial charge in [0.2, 0.25) is 0 Å². The van der Waals surface area contributed by atoms with Gasteiger partial charge < -0.3 is 15.4 Å². The number of aromatic nitrogens is 1. The second-order valence-electron chi connectivity index (χ2n) is 6.10. The molecule has 0 bridgehead atoms. The van der Waals surface area contributed by atoms with Gasteiger partial charge in [0.25, 0.3) is 0 Å². The van der Waals surface area contributed by atoms with Crippen LogP contribution in [0.4, 0.5) is 0 Å². The number of hydrogen-bond acceptors (Lipinski definition) is 3. The van der Waals surface area contributed by atoms with Crippen LogP contribution in [-0.2, 0) is 11.3 Å². The molecule has 1 aromatic heterocycles. The zero-order valence-corrected chi connectivity index (χ0v) is 15.3. The van der Waals surface area contributed by atoms with E-state index >= 15 is 0 Å². The Bertz CT molecular complexity index is 484. The third-order valence-electron chi connectivity index (χ3n) is 4.10. The highest BCUT2D eigenvalue weighted by Gasteiger charge is 2.12. The first kappa shape index (κ1) is 19.0. The molecular weight excluding hydrogens is 324 g/mol. The maximum atomic E-state index is 6.00. The second-order valence-corrected chi connectivity index (χ2v) is 6.48. The molecule has 1 heterocycles. The SMILES string of the molecule is CCNC(=NCc1ccc(Cl)nc1)NCCOC1CCCCCC1. The monoisotopic (exact) mass is 352 g/mol. The molecule has 1 aliphatic carbocycles. The largest absolute Gasteiger partial charge is 0.376 e. The number of aliphatic imine (C=N–C) groups is 1. The van der Waals surface area contributed by atoms with Crippen LogP contribution in [0.15, 0.2) is 23.3 Å². The molecule has 6 heteroatoms. The molecule has 24 heavy (non-hydrogen) atoms. The van der Waals surface area contributed by atoms with Gasteiger partial charge in [-0.1, -0.05) is 43.4 Å². The van der Waals surface area contributed by atoms with Gasteiger partial charge in [0, 0.05) is 19.3 Å². The van der Waals surface area contributed by atoms with Gasteiger partial charge >= 0.3 is 0 Å². The van der Waals surface area contributed by atoms with Gasteiger partial charge in [-0.25, -0.2) is 9.98 Å². The van der Waals surface area contributed by atoms with E-state index in [0.29, 0.717) is 17.8 Å². The van der Waals surface area contributed by atoms with Crippen LogP contribution in [0.5, 0.6) is 0 Å². The summed E-state index contributed by atoms with van der Waals surface area (Å²) < 4.78 is 6.00. The van der Waals surface area contributed by atoms with Gasteiger partial charge in [-0.3, -0.25) is 0 Å². The van der Waals surface area contributed by atoms with Crippen LogP contribution in [0.25, 0.3) is 0 Å². The summed E-state index contributed by atoms with van der Waals surface area (Å²) >= 11 is 5.80. The Balaban J connectivity index is 1.71. The molecule has 2 rings (SSSR count). The van der Waals surface area contributed by atoms with Crippen LogP contribution in [0.2, 0.25) is 5.15 Å². The fourth-order valence-electron chi connectivity index (χ4n) is 2.82. The molecule has 1 fully saturated rings. The van der Waals surface area contributed by atoms with E-state index in [0.717, 1.165) is 31.2 Å². The van der Waals surface area contributed by atoms with E-state index in [1.807, 2.05) is 6.07 Å². The van der Waals surface area contributed by atoms with Crippen LogP contribution in [0, 0.1) is 0 Å². The quantitative estimate of drug-likeness (QED) is 0.259. The molecular formula is C18H29ClN4O. The first-order valence-electron chi connectivity index (χ1n) is 9.02. The van der Waals surface area contributed by atoms with Crippen molar-refractivity contribution in [2.45, 2.75) is 58.1 Å². The smallest absolute Gasteiger partial charge is 0.191 e. The summed E-state index contributed by atoms with van der Waals surface area (Å²) in [5.74, 6) is 0.803. The molecule has 1 aromatic rings. The van der Waals surface area contributed by atoms with Crippen LogP contribution >= 0.6 is 11.6 Å². The summed E-state index contributed by atoms with van der Waals surface area (Å²) in [7, 11) is 0. The van der Waals surface area contributed by atoms with Gasteiger partial charge in [0.1, 0.15) is 5.15 Å². The van der Waals surface area contributed by atoms with Crippen molar-refractivity contribution in [1.82, 2.24) is 15.6 Å². The van der Waals surface area contributed by atoms with Crippen LogP contribution in [-0.4, -0.2) is 36.7 Å². The lowest BCUT2D eigenvalue weighted by Crippen LogP contribution is -2.39. The lowest BCUT2D eigenvalue weighted by molar-refractivity contribution is 0.0468. The number of pyridine rings is 1. The van der Waals surface area contributed by atoms with Gasteiger partial charge in [-0.05, 0) is 31.4 Å². The highest BCUT2D eigenvalue weighted by molar-refractivity contribution is 6.29. The number of nitrogens with one attached hydrogen (secondary N) is 2. The summed E-state index contributed by atoms with van der Waals surface area (Å²) in [6, 6.07) is 3.73. The zero-order chi connectivity index (χ0) is 17.0. The average Bonchev–Trinajstić information content (AvgIpc) is 2.86. The number of guanidine groups is 1. The summed E-state index contributed by atoms with van der Waals surface area (Å²) in [6.07, 6.45) is 9.92. The molecule has 0 saturated heterocycles. The maximum Gasteiger partial charge on any atom is 0.191 e. The molecule has 0 unspecified atom stereocenters. The standard InChI is InChI=1S/C18H29ClN4O/c1-2-20-18(23-14-15-9-10-17(19)22-13-15)21-11-12-24-16-7-5-3-4-6-8-16/h9-10,13,16H,2-8,11-12,14H2,1H3,(H2,20,21,23). The minimum atomic E-state index is 0.439. The normalized spacial score (nSPS) is 16.7. The van der Waals surface area contributed by atoms with Crippen molar-refractivity contribution in [3.8, 4) is 0 Å². The van der Waals surface area contributed by atoms with Crippen molar-refractivity contribution < 1.29 is 4.74 Å². The van der Waals surface area contributed by atoms with Gasteiger partial charge in [0.05, 0.1) is 19.3 Å². The zero-order valence-electron chi connectivity index (χ0n) is 14.6. The Morgan fingerprint density at radius 3 is 2.71 bits per heavy atom. The first-order valence-corrected chi connectivity index (χ1v) is 9.40.